The number of hydrogen-bond donors (Lipinski definition) is 1. The zero-order valence-electron chi connectivity index (χ0n) is 12.2. The van der Waals surface area contributed by atoms with Crippen molar-refractivity contribution in [2.45, 2.75) is 4.90 Å². The highest BCUT2D eigenvalue weighted by molar-refractivity contribution is 7.89. The van der Waals surface area contributed by atoms with E-state index in [0.29, 0.717) is 32.8 Å². The summed E-state index contributed by atoms with van der Waals surface area (Å²) in [6.07, 6.45) is 0. The Balaban J connectivity index is 0.00000242. The number of benzene rings is 1. The molecule has 9 heteroatoms. The van der Waals surface area contributed by atoms with Gasteiger partial charge in [-0.2, -0.15) is 4.31 Å². The van der Waals surface area contributed by atoms with Gasteiger partial charge in [-0.3, -0.25) is 0 Å². The SMILES string of the molecule is COCCOc1ccc(F)cc1S(=O)(=O)N1CCNCC1.Cl. The summed E-state index contributed by atoms with van der Waals surface area (Å²) in [6.45, 7) is 2.40. The zero-order valence-corrected chi connectivity index (χ0v) is 13.9. The van der Waals surface area contributed by atoms with Crippen LogP contribution in [0.1, 0.15) is 0 Å². The van der Waals surface area contributed by atoms with Gasteiger partial charge in [-0.15, -0.1) is 12.4 Å². The minimum Gasteiger partial charge on any atom is -0.490 e. The second kappa shape index (κ2) is 8.64. The van der Waals surface area contributed by atoms with Crippen LogP contribution < -0.4 is 10.1 Å². The van der Waals surface area contributed by atoms with E-state index in [2.05, 4.69) is 5.32 Å². The lowest BCUT2D eigenvalue weighted by Crippen LogP contribution is -2.46. The second-order valence-corrected chi connectivity index (χ2v) is 6.49. The molecule has 1 aromatic carbocycles. The van der Waals surface area contributed by atoms with Gasteiger partial charge in [0.15, 0.2) is 0 Å². The van der Waals surface area contributed by atoms with Crippen molar-refractivity contribution in [3.8, 4) is 5.75 Å². The van der Waals surface area contributed by atoms with Crippen LogP contribution in [0.5, 0.6) is 5.75 Å². The van der Waals surface area contributed by atoms with Gasteiger partial charge in [-0.05, 0) is 18.2 Å². The first-order chi connectivity index (χ1) is 10.1. The van der Waals surface area contributed by atoms with Crippen molar-refractivity contribution in [1.29, 1.82) is 0 Å². The van der Waals surface area contributed by atoms with Crippen molar-refractivity contribution in [3.63, 3.8) is 0 Å². The van der Waals surface area contributed by atoms with Gasteiger partial charge in [0.2, 0.25) is 10.0 Å². The molecule has 0 aliphatic carbocycles. The van der Waals surface area contributed by atoms with Crippen LogP contribution in [0.3, 0.4) is 0 Å². The molecular formula is C13H20ClFN2O4S. The Bertz CT molecular complexity index is 579. The van der Waals surface area contributed by atoms with Gasteiger partial charge in [-0.25, -0.2) is 12.8 Å². The first kappa shape index (κ1) is 19.1. The van der Waals surface area contributed by atoms with Gasteiger partial charge in [0.05, 0.1) is 6.61 Å². The fourth-order valence-corrected chi connectivity index (χ4v) is 3.65. The lowest BCUT2D eigenvalue weighted by atomic mass is 10.3. The lowest BCUT2D eigenvalue weighted by molar-refractivity contribution is 0.144. The van der Waals surface area contributed by atoms with Crippen molar-refractivity contribution in [3.05, 3.63) is 24.0 Å². The first-order valence-corrected chi connectivity index (χ1v) is 8.12. The average molecular weight is 355 g/mol. The maximum atomic E-state index is 13.5. The summed E-state index contributed by atoms with van der Waals surface area (Å²) in [5.41, 5.74) is 0. The summed E-state index contributed by atoms with van der Waals surface area (Å²) in [5, 5.41) is 3.08. The van der Waals surface area contributed by atoms with E-state index in [-0.39, 0.29) is 29.7 Å². The molecule has 1 heterocycles. The highest BCUT2D eigenvalue weighted by atomic mass is 35.5. The van der Waals surface area contributed by atoms with Crippen LogP contribution in [0.25, 0.3) is 0 Å². The average Bonchev–Trinajstić information content (AvgIpc) is 2.50. The van der Waals surface area contributed by atoms with Crippen LogP contribution in [-0.2, 0) is 14.8 Å². The topological polar surface area (TPSA) is 67.9 Å². The third kappa shape index (κ3) is 4.53. The van der Waals surface area contributed by atoms with Crippen LogP contribution >= 0.6 is 12.4 Å². The van der Waals surface area contributed by atoms with E-state index in [0.717, 1.165) is 6.07 Å². The summed E-state index contributed by atoms with van der Waals surface area (Å²) in [7, 11) is -2.24. The first-order valence-electron chi connectivity index (χ1n) is 6.68. The van der Waals surface area contributed by atoms with E-state index in [1.54, 1.807) is 0 Å². The number of methoxy groups -OCH3 is 1. The maximum absolute atomic E-state index is 13.5. The monoisotopic (exact) mass is 354 g/mol. The minimum absolute atomic E-state index is 0. The van der Waals surface area contributed by atoms with Crippen LogP contribution in [0.4, 0.5) is 4.39 Å². The van der Waals surface area contributed by atoms with Gasteiger partial charge in [0.1, 0.15) is 23.1 Å². The Morgan fingerprint density at radius 2 is 1.95 bits per heavy atom. The van der Waals surface area contributed by atoms with E-state index >= 15 is 0 Å². The predicted molar refractivity (Wildman–Crippen MR) is 82.6 cm³/mol. The number of hydrogen-bond acceptors (Lipinski definition) is 5. The number of rotatable bonds is 6. The van der Waals surface area contributed by atoms with Gasteiger partial charge < -0.3 is 14.8 Å². The normalized spacial score (nSPS) is 16.1. The molecule has 0 atom stereocenters. The summed E-state index contributed by atoms with van der Waals surface area (Å²) in [6, 6.07) is 3.51. The second-order valence-electron chi connectivity index (χ2n) is 4.59. The van der Waals surface area contributed by atoms with Crippen LogP contribution in [0, 0.1) is 5.82 Å². The Hall–Kier alpha value is -0.930. The Morgan fingerprint density at radius 3 is 2.59 bits per heavy atom. The molecule has 1 aliphatic rings. The molecule has 1 saturated heterocycles. The van der Waals surface area contributed by atoms with E-state index in [9.17, 15) is 12.8 Å². The predicted octanol–water partition coefficient (Wildman–Crippen LogP) is 0.867. The van der Waals surface area contributed by atoms with Gasteiger partial charge in [0.25, 0.3) is 0 Å². The molecular weight excluding hydrogens is 335 g/mol. The summed E-state index contributed by atoms with van der Waals surface area (Å²) in [5.74, 6) is -0.463. The maximum Gasteiger partial charge on any atom is 0.246 e. The number of nitrogens with one attached hydrogen (secondary N) is 1. The molecule has 0 spiro atoms. The smallest absolute Gasteiger partial charge is 0.246 e. The van der Waals surface area contributed by atoms with Crippen LogP contribution in [0.2, 0.25) is 0 Å². The molecule has 126 valence electrons. The van der Waals surface area contributed by atoms with Crippen molar-refractivity contribution in [2.75, 3.05) is 46.5 Å². The van der Waals surface area contributed by atoms with Crippen LogP contribution in [0.15, 0.2) is 23.1 Å². The third-order valence-electron chi connectivity index (χ3n) is 3.14. The number of sulfonamides is 1. The van der Waals surface area contributed by atoms with Crippen molar-refractivity contribution in [2.24, 2.45) is 0 Å². The largest absolute Gasteiger partial charge is 0.490 e. The molecule has 22 heavy (non-hydrogen) atoms. The molecule has 6 nitrogen and oxygen atoms in total. The van der Waals surface area contributed by atoms with E-state index < -0.39 is 15.8 Å². The fraction of sp³-hybridized carbons (Fsp3) is 0.538. The Labute approximate surface area is 136 Å². The third-order valence-corrected chi connectivity index (χ3v) is 5.06. The number of nitrogens with zero attached hydrogens (tertiary/aromatic N) is 1. The lowest BCUT2D eigenvalue weighted by Gasteiger charge is -2.27. The molecule has 0 bridgehead atoms. The van der Waals surface area contributed by atoms with Gasteiger partial charge in [-0.1, -0.05) is 0 Å². The molecule has 0 unspecified atom stereocenters. The molecule has 1 aliphatic heterocycles. The van der Waals surface area contributed by atoms with Crippen molar-refractivity contribution in [1.82, 2.24) is 9.62 Å². The summed E-state index contributed by atoms with van der Waals surface area (Å²) in [4.78, 5) is -0.138. The fourth-order valence-electron chi connectivity index (χ4n) is 2.06. The molecule has 1 fully saturated rings. The number of ether oxygens (including phenoxy) is 2. The molecule has 0 radical (unpaired) electrons. The molecule has 0 amide bonds. The molecule has 1 aromatic rings. The summed E-state index contributed by atoms with van der Waals surface area (Å²) < 4.78 is 50.3. The minimum atomic E-state index is -3.76. The number of piperazine rings is 1. The Morgan fingerprint density at radius 1 is 1.27 bits per heavy atom. The van der Waals surface area contributed by atoms with Crippen molar-refractivity contribution >= 4 is 22.4 Å². The molecule has 1 N–H and O–H groups in total. The van der Waals surface area contributed by atoms with Crippen LogP contribution in [-0.4, -0.2) is 59.2 Å². The number of halogens is 2. The highest BCUT2D eigenvalue weighted by Crippen LogP contribution is 2.28. The molecule has 0 aromatic heterocycles. The van der Waals surface area contributed by atoms with E-state index in [1.165, 1.54) is 23.5 Å². The van der Waals surface area contributed by atoms with E-state index in [4.69, 9.17) is 9.47 Å². The standard InChI is InChI=1S/C13H19FN2O4S.ClH/c1-19-8-9-20-12-3-2-11(14)10-13(12)21(17,18)16-6-4-15-5-7-16;/h2-3,10,15H,4-9H2,1H3;1H. The molecule has 0 saturated carbocycles. The Kier molecular flexibility index (Phi) is 7.51. The quantitative estimate of drug-likeness (QED) is 0.768. The molecule has 2 rings (SSSR count). The van der Waals surface area contributed by atoms with Gasteiger partial charge >= 0.3 is 0 Å². The summed E-state index contributed by atoms with van der Waals surface area (Å²) >= 11 is 0. The zero-order chi connectivity index (χ0) is 15.3. The highest BCUT2D eigenvalue weighted by Gasteiger charge is 2.29. The van der Waals surface area contributed by atoms with Gasteiger partial charge in [0, 0.05) is 33.3 Å². The van der Waals surface area contributed by atoms with Crippen molar-refractivity contribution < 1.29 is 22.3 Å². The van der Waals surface area contributed by atoms with E-state index in [1.807, 2.05) is 0 Å².